The lowest BCUT2D eigenvalue weighted by Gasteiger charge is -2.55. The summed E-state index contributed by atoms with van der Waals surface area (Å²) in [6, 6.07) is 15.8. The molecule has 1 N–H and O–H groups in total. The van der Waals surface area contributed by atoms with Crippen LogP contribution in [0.25, 0.3) is 0 Å². The molecule has 0 spiro atoms. The molecule has 146 valence electrons. The van der Waals surface area contributed by atoms with E-state index in [1.165, 1.54) is 0 Å². The van der Waals surface area contributed by atoms with Gasteiger partial charge in [0, 0.05) is 5.92 Å². The van der Waals surface area contributed by atoms with E-state index in [9.17, 15) is 14.4 Å². The van der Waals surface area contributed by atoms with Crippen LogP contribution in [0.5, 0.6) is 0 Å². The zero-order chi connectivity index (χ0) is 20.1. The molecule has 2 bridgehead atoms. The van der Waals surface area contributed by atoms with E-state index in [2.05, 4.69) is 37.3 Å². The first-order valence-corrected chi connectivity index (χ1v) is 11.2. The monoisotopic (exact) mass is 514 g/mol. The van der Waals surface area contributed by atoms with Crippen LogP contribution in [-0.2, 0) is 23.0 Å². The second-order valence-corrected chi connectivity index (χ2v) is 10.7. The number of rotatable bonds is 2. The predicted molar refractivity (Wildman–Crippen MR) is 112 cm³/mol. The number of imide groups is 1. The molecule has 1 saturated heterocycles. The maximum atomic E-state index is 13.5. The van der Waals surface area contributed by atoms with Crippen LogP contribution >= 0.6 is 31.9 Å². The van der Waals surface area contributed by atoms with E-state index in [0.29, 0.717) is 0 Å². The summed E-state index contributed by atoms with van der Waals surface area (Å²) in [5, 5.41) is 0.972. The molecule has 5 aliphatic rings. The van der Waals surface area contributed by atoms with Crippen molar-refractivity contribution >= 4 is 49.6 Å². The largest absolute Gasteiger partial charge is 0.273 e. The van der Waals surface area contributed by atoms with E-state index < -0.39 is 20.5 Å². The van der Waals surface area contributed by atoms with Gasteiger partial charge in [-0.3, -0.25) is 19.8 Å². The van der Waals surface area contributed by atoms with Gasteiger partial charge in [0.15, 0.2) is 0 Å². The van der Waals surface area contributed by atoms with Crippen LogP contribution in [0, 0.1) is 17.8 Å². The van der Waals surface area contributed by atoms with E-state index in [4.69, 9.17) is 0 Å². The number of halogens is 2. The van der Waals surface area contributed by atoms with Crippen molar-refractivity contribution < 1.29 is 14.4 Å². The van der Waals surface area contributed by atoms with Crippen molar-refractivity contribution in [2.75, 3.05) is 0 Å². The van der Waals surface area contributed by atoms with Gasteiger partial charge in [0.1, 0.15) is 0 Å². The predicted octanol–water partition coefficient (Wildman–Crippen LogP) is 3.33. The van der Waals surface area contributed by atoms with Crippen LogP contribution < -0.4 is 5.43 Å². The molecule has 1 heterocycles. The van der Waals surface area contributed by atoms with Crippen molar-refractivity contribution in [1.82, 2.24) is 10.4 Å². The molecule has 0 aromatic heterocycles. The topological polar surface area (TPSA) is 66.5 Å². The Bertz CT molecular complexity index is 1010. The fourth-order valence-electron chi connectivity index (χ4n) is 5.32. The lowest BCUT2D eigenvalue weighted by atomic mass is 9.54. The van der Waals surface area contributed by atoms with Crippen molar-refractivity contribution in [3.63, 3.8) is 0 Å². The third kappa shape index (κ3) is 1.98. The van der Waals surface area contributed by atoms with Crippen molar-refractivity contribution in [3.8, 4) is 0 Å². The summed E-state index contributed by atoms with van der Waals surface area (Å²) >= 11 is 7.86. The minimum absolute atomic E-state index is 0.0970. The van der Waals surface area contributed by atoms with Gasteiger partial charge in [0.05, 0.1) is 20.5 Å². The van der Waals surface area contributed by atoms with Gasteiger partial charge in [-0.05, 0) is 35.1 Å². The van der Waals surface area contributed by atoms with Crippen LogP contribution in [0.3, 0.4) is 0 Å². The highest BCUT2D eigenvalue weighted by molar-refractivity contribution is 9.10. The van der Waals surface area contributed by atoms with Gasteiger partial charge in [-0.2, -0.15) is 5.01 Å². The first-order chi connectivity index (χ1) is 13.9. The molecule has 4 aliphatic carbocycles. The summed E-state index contributed by atoms with van der Waals surface area (Å²) in [6.45, 7) is 0. The quantitative estimate of drug-likeness (QED) is 0.492. The average Bonchev–Trinajstić information content (AvgIpc) is 3.55. The molecular formula is C22H16Br2N2O3. The van der Waals surface area contributed by atoms with Crippen molar-refractivity contribution in [2.24, 2.45) is 17.8 Å². The van der Waals surface area contributed by atoms with Crippen LogP contribution in [0.15, 0.2) is 48.5 Å². The number of hydrogen-bond donors (Lipinski definition) is 1. The molecule has 2 atom stereocenters. The summed E-state index contributed by atoms with van der Waals surface area (Å²) in [5.41, 5.74) is 6.53. The molecular weight excluding hydrogens is 500 g/mol. The molecule has 2 aromatic rings. The van der Waals surface area contributed by atoms with Gasteiger partial charge >= 0.3 is 0 Å². The summed E-state index contributed by atoms with van der Waals surface area (Å²) in [7, 11) is 0. The second kappa shape index (κ2) is 5.58. The maximum absolute atomic E-state index is 13.5. The summed E-state index contributed by atoms with van der Waals surface area (Å²) < 4.78 is -1.65. The van der Waals surface area contributed by atoms with Crippen LogP contribution in [0.1, 0.15) is 35.1 Å². The lowest BCUT2D eigenvalue weighted by molar-refractivity contribution is -0.149. The van der Waals surface area contributed by atoms with Gasteiger partial charge in [-0.1, -0.05) is 80.4 Å². The molecule has 1 aliphatic heterocycles. The molecule has 2 aromatic carbocycles. The van der Waals surface area contributed by atoms with Gasteiger partial charge in [0.25, 0.3) is 11.8 Å². The number of nitrogens with one attached hydrogen (secondary N) is 1. The summed E-state index contributed by atoms with van der Waals surface area (Å²) in [4.78, 5) is 39.4. The third-order valence-electron chi connectivity index (χ3n) is 6.76. The number of carbonyl (C=O) groups excluding carboxylic acids is 3. The van der Waals surface area contributed by atoms with E-state index in [1.54, 1.807) is 0 Å². The van der Waals surface area contributed by atoms with Crippen molar-refractivity contribution in [3.05, 3.63) is 70.8 Å². The molecule has 3 amide bonds. The van der Waals surface area contributed by atoms with Gasteiger partial charge in [-0.25, -0.2) is 0 Å². The fraction of sp³-hybridized carbons (Fsp3) is 0.318. The standard InChI is InChI=1S/C22H16Br2N2O3/c23-21-12-5-1-2-6-13(12)22(24,15-8-4-3-7-14(15)21)17-16(21)19(28)26(20(17)29)25-18(27)11-9-10-11/h1-8,11,16-17H,9-10H2,(H,25,27). The Labute approximate surface area is 184 Å². The highest BCUT2D eigenvalue weighted by Crippen LogP contribution is 2.70. The Balaban J connectivity index is 1.59. The first-order valence-electron chi connectivity index (χ1n) is 9.66. The zero-order valence-electron chi connectivity index (χ0n) is 15.2. The molecule has 2 fully saturated rings. The third-order valence-corrected chi connectivity index (χ3v) is 9.45. The lowest BCUT2D eigenvalue weighted by Crippen LogP contribution is -2.56. The fourth-order valence-corrected chi connectivity index (χ4v) is 7.63. The SMILES string of the molecule is O=C(NN1C(=O)C2C(C1=O)C1(Br)c3ccccc3C2(Br)c2ccccc21)C1CC1. The van der Waals surface area contributed by atoms with Crippen molar-refractivity contribution in [2.45, 2.75) is 21.5 Å². The van der Waals surface area contributed by atoms with E-state index in [1.807, 2.05) is 48.5 Å². The Morgan fingerprint density at radius 1 is 0.828 bits per heavy atom. The molecule has 7 heteroatoms. The van der Waals surface area contributed by atoms with Crippen LogP contribution in [-0.4, -0.2) is 22.7 Å². The minimum atomic E-state index is -0.827. The number of amides is 3. The second-order valence-electron chi connectivity index (χ2n) is 8.23. The number of hydrazine groups is 1. The number of alkyl halides is 2. The molecule has 2 unspecified atom stereocenters. The number of nitrogens with zero attached hydrogens (tertiary/aromatic N) is 1. The average molecular weight is 516 g/mol. The molecule has 0 radical (unpaired) electrons. The van der Waals surface area contributed by atoms with E-state index >= 15 is 0 Å². The Morgan fingerprint density at radius 2 is 1.21 bits per heavy atom. The normalized spacial score (nSPS) is 33.9. The molecule has 7 rings (SSSR count). The summed E-state index contributed by atoms with van der Waals surface area (Å²) in [5.74, 6) is -2.38. The van der Waals surface area contributed by atoms with Gasteiger partial charge in [-0.15, -0.1) is 0 Å². The van der Waals surface area contributed by atoms with Crippen LogP contribution in [0.4, 0.5) is 0 Å². The van der Waals surface area contributed by atoms with Gasteiger partial charge in [0.2, 0.25) is 5.91 Å². The summed E-state index contributed by atoms with van der Waals surface area (Å²) in [6.07, 6.45) is 1.60. The highest BCUT2D eigenvalue weighted by atomic mass is 79.9. The highest BCUT2D eigenvalue weighted by Gasteiger charge is 2.72. The Morgan fingerprint density at radius 3 is 1.55 bits per heavy atom. The van der Waals surface area contributed by atoms with Gasteiger partial charge < -0.3 is 0 Å². The van der Waals surface area contributed by atoms with E-state index in [0.717, 1.165) is 40.1 Å². The van der Waals surface area contributed by atoms with Crippen molar-refractivity contribution in [1.29, 1.82) is 0 Å². The smallest absolute Gasteiger partial charge is 0.254 e. The zero-order valence-corrected chi connectivity index (χ0v) is 18.4. The molecule has 1 saturated carbocycles. The number of benzene rings is 2. The maximum Gasteiger partial charge on any atom is 0.254 e. The van der Waals surface area contributed by atoms with E-state index in [-0.39, 0.29) is 23.6 Å². The molecule has 5 nitrogen and oxygen atoms in total. The minimum Gasteiger partial charge on any atom is -0.273 e. The Kier molecular flexibility index (Phi) is 3.43. The Hall–Kier alpha value is -1.99. The molecule has 29 heavy (non-hydrogen) atoms. The number of carbonyl (C=O) groups is 3. The first kappa shape index (κ1) is 17.8. The number of hydrogen-bond acceptors (Lipinski definition) is 3. The van der Waals surface area contributed by atoms with Crippen LogP contribution in [0.2, 0.25) is 0 Å².